The topological polar surface area (TPSA) is 29.3 Å². The van der Waals surface area contributed by atoms with Crippen LogP contribution in [0.5, 0.6) is 0 Å². The highest BCUT2D eigenvalue weighted by atomic mass is 32.1. The third-order valence-electron chi connectivity index (χ3n) is 3.85. The third-order valence-corrected chi connectivity index (χ3v) is 4.71. The van der Waals surface area contributed by atoms with Gasteiger partial charge in [0.1, 0.15) is 0 Å². The third kappa shape index (κ3) is 3.54. The number of nitrogens with two attached hydrogens (primary N) is 1. The quantitative estimate of drug-likeness (QED) is 0.834. The van der Waals surface area contributed by atoms with E-state index in [1.165, 1.54) is 37.0 Å². The van der Waals surface area contributed by atoms with E-state index in [1.807, 2.05) is 11.3 Å². The van der Waals surface area contributed by atoms with Crippen molar-refractivity contribution in [2.24, 2.45) is 5.73 Å². The molecule has 1 saturated carbocycles. The van der Waals surface area contributed by atoms with Gasteiger partial charge in [-0.1, -0.05) is 32.3 Å². The fraction of sp³-hybridized carbons (Fsp3) is 0.714. The Balaban J connectivity index is 2.00. The van der Waals surface area contributed by atoms with Crippen LogP contribution in [0.25, 0.3) is 0 Å². The fourth-order valence-electron chi connectivity index (χ4n) is 2.84. The summed E-state index contributed by atoms with van der Waals surface area (Å²) < 4.78 is 0. The number of hydrogen-bond acceptors (Lipinski definition) is 3. The van der Waals surface area contributed by atoms with Crippen LogP contribution in [0.15, 0.2) is 17.5 Å². The van der Waals surface area contributed by atoms with E-state index >= 15 is 0 Å². The van der Waals surface area contributed by atoms with Crippen LogP contribution in [0.3, 0.4) is 0 Å². The van der Waals surface area contributed by atoms with Crippen molar-refractivity contribution in [2.45, 2.75) is 57.7 Å². The summed E-state index contributed by atoms with van der Waals surface area (Å²) in [7, 11) is 0. The Labute approximate surface area is 109 Å². The van der Waals surface area contributed by atoms with Crippen LogP contribution in [0.4, 0.5) is 0 Å². The van der Waals surface area contributed by atoms with Gasteiger partial charge in [0.15, 0.2) is 0 Å². The molecule has 2 unspecified atom stereocenters. The minimum atomic E-state index is 0.373. The molecule has 0 saturated heterocycles. The zero-order valence-electron chi connectivity index (χ0n) is 10.8. The van der Waals surface area contributed by atoms with E-state index in [9.17, 15) is 0 Å². The van der Waals surface area contributed by atoms with Crippen molar-refractivity contribution in [1.82, 2.24) is 4.90 Å². The average Bonchev–Trinajstić information content (AvgIpc) is 2.75. The highest BCUT2D eigenvalue weighted by molar-refractivity contribution is 7.09. The lowest BCUT2D eigenvalue weighted by Crippen LogP contribution is -2.46. The van der Waals surface area contributed by atoms with Gasteiger partial charge in [-0.25, -0.2) is 0 Å². The average molecular weight is 252 g/mol. The van der Waals surface area contributed by atoms with E-state index in [2.05, 4.69) is 29.3 Å². The summed E-state index contributed by atoms with van der Waals surface area (Å²) >= 11 is 1.85. The molecule has 96 valence electrons. The minimum absolute atomic E-state index is 0.373. The van der Waals surface area contributed by atoms with Crippen LogP contribution in [0, 0.1) is 0 Å². The largest absolute Gasteiger partial charge is 0.326 e. The molecule has 3 heteroatoms. The van der Waals surface area contributed by atoms with Crippen molar-refractivity contribution in [3.05, 3.63) is 22.4 Å². The Morgan fingerprint density at radius 1 is 1.35 bits per heavy atom. The molecule has 0 aromatic carbocycles. The van der Waals surface area contributed by atoms with E-state index in [0.29, 0.717) is 12.1 Å². The van der Waals surface area contributed by atoms with Crippen LogP contribution in [0.1, 0.15) is 43.9 Å². The minimum Gasteiger partial charge on any atom is -0.326 e. The first kappa shape index (κ1) is 13.1. The molecule has 2 N–H and O–H groups in total. The standard InChI is InChI=1S/C14H24N2S/c1-2-16(11-12-7-6-10-17-12)14-9-5-3-4-8-13(14)15/h6-7,10,13-14H,2-5,8-9,11,15H2,1H3. The first-order chi connectivity index (χ1) is 8.31. The maximum absolute atomic E-state index is 6.35. The molecule has 1 fully saturated rings. The number of likely N-dealkylation sites (N-methyl/N-ethyl adjacent to an activating group) is 1. The van der Waals surface area contributed by atoms with Crippen molar-refractivity contribution >= 4 is 11.3 Å². The molecule has 2 nitrogen and oxygen atoms in total. The van der Waals surface area contributed by atoms with Gasteiger partial charge in [-0.2, -0.15) is 0 Å². The first-order valence-electron chi connectivity index (χ1n) is 6.83. The molecule has 1 aromatic rings. The summed E-state index contributed by atoms with van der Waals surface area (Å²) in [6, 6.07) is 5.33. The van der Waals surface area contributed by atoms with Gasteiger partial charge in [0, 0.05) is 23.5 Å². The highest BCUT2D eigenvalue weighted by Gasteiger charge is 2.25. The lowest BCUT2D eigenvalue weighted by atomic mass is 10.0. The monoisotopic (exact) mass is 252 g/mol. The predicted molar refractivity (Wildman–Crippen MR) is 75.3 cm³/mol. The SMILES string of the molecule is CCN(Cc1cccs1)C1CCCCCC1N. The highest BCUT2D eigenvalue weighted by Crippen LogP contribution is 2.23. The van der Waals surface area contributed by atoms with E-state index in [0.717, 1.165) is 13.1 Å². The van der Waals surface area contributed by atoms with Crippen LogP contribution < -0.4 is 5.73 Å². The zero-order valence-corrected chi connectivity index (χ0v) is 11.6. The van der Waals surface area contributed by atoms with Gasteiger partial charge in [-0.05, 0) is 30.8 Å². The lowest BCUT2D eigenvalue weighted by molar-refractivity contribution is 0.164. The molecule has 0 bridgehead atoms. The number of nitrogens with zero attached hydrogens (tertiary/aromatic N) is 1. The normalized spacial score (nSPS) is 26.1. The molecule has 1 aromatic heterocycles. The lowest BCUT2D eigenvalue weighted by Gasteiger charge is -2.33. The molecule has 2 rings (SSSR count). The van der Waals surface area contributed by atoms with Crippen molar-refractivity contribution < 1.29 is 0 Å². The first-order valence-corrected chi connectivity index (χ1v) is 7.71. The molecule has 17 heavy (non-hydrogen) atoms. The smallest absolute Gasteiger partial charge is 0.0331 e. The molecule has 0 amide bonds. The maximum atomic E-state index is 6.35. The van der Waals surface area contributed by atoms with Gasteiger partial charge in [-0.3, -0.25) is 4.90 Å². The molecule has 0 aliphatic heterocycles. The Kier molecular flexibility index (Phi) is 5.01. The van der Waals surface area contributed by atoms with Crippen molar-refractivity contribution in [1.29, 1.82) is 0 Å². The van der Waals surface area contributed by atoms with Gasteiger partial charge in [0.2, 0.25) is 0 Å². The number of hydrogen-bond donors (Lipinski definition) is 1. The maximum Gasteiger partial charge on any atom is 0.0331 e. The van der Waals surface area contributed by atoms with E-state index in [1.54, 1.807) is 0 Å². The number of thiophene rings is 1. The number of rotatable bonds is 4. The molecule has 0 radical (unpaired) electrons. The fourth-order valence-corrected chi connectivity index (χ4v) is 3.57. The second kappa shape index (κ2) is 6.53. The van der Waals surface area contributed by atoms with Gasteiger partial charge in [0.25, 0.3) is 0 Å². The molecule has 1 heterocycles. The van der Waals surface area contributed by atoms with Gasteiger partial charge in [0.05, 0.1) is 0 Å². The predicted octanol–water partition coefficient (Wildman–Crippen LogP) is 3.23. The van der Waals surface area contributed by atoms with Gasteiger partial charge >= 0.3 is 0 Å². The summed E-state index contributed by atoms with van der Waals surface area (Å²) in [5, 5.41) is 2.16. The van der Waals surface area contributed by atoms with Crippen molar-refractivity contribution in [3.8, 4) is 0 Å². The summed E-state index contributed by atoms with van der Waals surface area (Å²) in [5.41, 5.74) is 6.35. The molecule has 1 aliphatic rings. The Morgan fingerprint density at radius 3 is 2.88 bits per heavy atom. The van der Waals surface area contributed by atoms with Crippen LogP contribution in [-0.2, 0) is 6.54 Å². The molecular formula is C14H24N2S. The van der Waals surface area contributed by atoms with E-state index < -0.39 is 0 Å². The summed E-state index contributed by atoms with van der Waals surface area (Å²) in [4.78, 5) is 4.03. The zero-order chi connectivity index (χ0) is 12.1. The van der Waals surface area contributed by atoms with Crippen LogP contribution >= 0.6 is 11.3 Å². The Bertz CT molecular complexity index is 310. The Hall–Kier alpha value is -0.380. The van der Waals surface area contributed by atoms with Crippen LogP contribution in [0.2, 0.25) is 0 Å². The Morgan fingerprint density at radius 2 is 2.18 bits per heavy atom. The molecular weight excluding hydrogens is 228 g/mol. The molecule has 0 spiro atoms. The van der Waals surface area contributed by atoms with Gasteiger partial charge < -0.3 is 5.73 Å². The summed E-state index contributed by atoms with van der Waals surface area (Å²) in [6.45, 7) is 4.44. The van der Waals surface area contributed by atoms with Crippen molar-refractivity contribution in [3.63, 3.8) is 0 Å². The van der Waals surface area contributed by atoms with E-state index in [-0.39, 0.29) is 0 Å². The molecule has 2 atom stereocenters. The van der Waals surface area contributed by atoms with E-state index in [4.69, 9.17) is 5.73 Å². The van der Waals surface area contributed by atoms with Gasteiger partial charge in [-0.15, -0.1) is 11.3 Å². The summed E-state index contributed by atoms with van der Waals surface area (Å²) in [6.07, 6.45) is 6.50. The second-order valence-corrected chi connectivity index (χ2v) is 6.04. The molecule has 1 aliphatic carbocycles. The summed E-state index contributed by atoms with van der Waals surface area (Å²) in [5.74, 6) is 0. The second-order valence-electron chi connectivity index (χ2n) is 5.01. The van der Waals surface area contributed by atoms with Crippen LogP contribution in [-0.4, -0.2) is 23.5 Å². The van der Waals surface area contributed by atoms with Crippen molar-refractivity contribution in [2.75, 3.05) is 6.54 Å².